The van der Waals surface area contributed by atoms with Crippen LogP contribution < -0.4 is 10.6 Å². The third-order valence-electron chi connectivity index (χ3n) is 2.88. The van der Waals surface area contributed by atoms with Crippen LogP contribution in [0.4, 0.5) is 11.7 Å². The zero-order chi connectivity index (χ0) is 14.5. The molecule has 5 nitrogen and oxygen atoms in total. The van der Waals surface area contributed by atoms with Crippen LogP contribution in [0.25, 0.3) is 0 Å². The molecule has 0 aliphatic heterocycles. The largest absolute Gasteiger partial charge is 0.406 e. The standard InChI is InChI=1S/C14H19BrN4O/c1-4-7-16-10(3)13-18-19-14(20-13)17-12-6-5-9(2)8-11(12)15/h5-6,8,10,16H,4,7H2,1-3H3,(H,17,19). The second-order valence-electron chi connectivity index (χ2n) is 4.73. The molecule has 0 amide bonds. The van der Waals surface area contributed by atoms with Gasteiger partial charge in [0.25, 0.3) is 0 Å². The second kappa shape index (κ2) is 6.85. The van der Waals surface area contributed by atoms with Gasteiger partial charge in [-0.1, -0.05) is 18.1 Å². The highest BCUT2D eigenvalue weighted by Crippen LogP contribution is 2.26. The lowest BCUT2D eigenvalue weighted by molar-refractivity contribution is 0.424. The summed E-state index contributed by atoms with van der Waals surface area (Å²) < 4.78 is 6.58. The maximum Gasteiger partial charge on any atom is 0.320 e. The molecule has 1 aromatic heterocycles. The van der Waals surface area contributed by atoms with Crippen molar-refractivity contribution < 1.29 is 4.42 Å². The number of anilines is 2. The molecule has 1 heterocycles. The number of nitrogens with one attached hydrogen (secondary N) is 2. The predicted molar refractivity (Wildman–Crippen MR) is 83.2 cm³/mol. The third kappa shape index (κ3) is 3.80. The van der Waals surface area contributed by atoms with Crippen LogP contribution in [0.5, 0.6) is 0 Å². The highest BCUT2D eigenvalue weighted by molar-refractivity contribution is 9.10. The Balaban J connectivity index is 2.05. The molecular weight excluding hydrogens is 320 g/mol. The van der Waals surface area contributed by atoms with E-state index in [2.05, 4.69) is 43.7 Å². The van der Waals surface area contributed by atoms with Gasteiger partial charge in [0.1, 0.15) is 0 Å². The topological polar surface area (TPSA) is 63.0 Å². The van der Waals surface area contributed by atoms with E-state index in [1.165, 1.54) is 5.56 Å². The Hall–Kier alpha value is -1.40. The van der Waals surface area contributed by atoms with Gasteiger partial charge in [0.05, 0.1) is 11.7 Å². The molecule has 0 saturated carbocycles. The van der Waals surface area contributed by atoms with Gasteiger partial charge in [0, 0.05) is 4.47 Å². The van der Waals surface area contributed by atoms with Crippen LogP contribution in [0.1, 0.15) is 37.8 Å². The Morgan fingerprint density at radius 3 is 2.85 bits per heavy atom. The minimum atomic E-state index is 0.0551. The molecule has 1 aromatic carbocycles. The highest BCUT2D eigenvalue weighted by atomic mass is 79.9. The van der Waals surface area contributed by atoms with Gasteiger partial charge in [-0.25, -0.2) is 0 Å². The predicted octanol–water partition coefficient (Wildman–Crippen LogP) is 3.94. The summed E-state index contributed by atoms with van der Waals surface area (Å²) in [6.45, 7) is 7.10. The van der Waals surface area contributed by atoms with Crippen molar-refractivity contribution in [3.8, 4) is 0 Å². The maximum absolute atomic E-state index is 5.61. The fraction of sp³-hybridized carbons (Fsp3) is 0.429. The van der Waals surface area contributed by atoms with E-state index in [1.807, 2.05) is 32.0 Å². The number of rotatable bonds is 6. The molecule has 2 aromatic rings. The van der Waals surface area contributed by atoms with Crippen LogP contribution in [-0.2, 0) is 0 Å². The maximum atomic E-state index is 5.61. The number of nitrogens with zero attached hydrogens (tertiary/aromatic N) is 2. The van der Waals surface area contributed by atoms with Gasteiger partial charge < -0.3 is 15.1 Å². The van der Waals surface area contributed by atoms with Gasteiger partial charge in [0.15, 0.2) is 0 Å². The average Bonchev–Trinajstić information content (AvgIpc) is 2.88. The molecule has 108 valence electrons. The Morgan fingerprint density at radius 2 is 2.15 bits per heavy atom. The smallest absolute Gasteiger partial charge is 0.320 e. The monoisotopic (exact) mass is 338 g/mol. The van der Waals surface area contributed by atoms with E-state index in [0.717, 1.165) is 23.1 Å². The van der Waals surface area contributed by atoms with Crippen molar-refractivity contribution in [1.29, 1.82) is 0 Å². The first kappa shape index (κ1) is 15.0. The lowest BCUT2D eigenvalue weighted by atomic mass is 10.2. The summed E-state index contributed by atoms with van der Waals surface area (Å²) in [6, 6.07) is 6.48. The minimum absolute atomic E-state index is 0.0551. The molecule has 0 aliphatic rings. The lowest BCUT2D eigenvalue weighted by Crippen LogP contribution is -2.19. The molecule has 1 atom stereocenters. The van der Waals surface area contributed by atoms with E-state index in [9.17, 15) is 0 Å². The van der Waals surface area contributed by atoms with E-state index >= 15 is 0 Å². The fourth-order valence-electron chi connectivity index (χ4n) is 1.74. The average molecular weight is 339 g/mol. The molecule has 0 aliphatic carbocycles. The molecule has 0 spiro atoms. The minimum Gasteiger partial charge on any atom is -0.406 e. The molecule has 2 N–H and O–H groups in total. The molecule has 0 radical (unpaired) electrons. The van der Waals surface area contributed by atoms with Crippen molar-refractivity contribution in [3.63, 3.8) is 0 Å². The van der Waals surface area contributed by atoms with Crippen LogP contribution in [0, 0.1) is 6.92 Å². The quantitative estimate of drug-likeness (QED) is 0.834. The molecular formula is C14H19BrN4O. The Bertz CT molecular complexity index is 570. The van der Waals surface area contributed by atoms with Gasteiger partial charge in [-0.05, 0) is 60.4 Å². The van der Waals surface area contributed by atoms with Gasteiger partial charge in [-0.3, -0.25) is 0 Å². The molecule has 0 fully saturated rings. The molecule has 1 unspecified atom stereocenters. The van der Waals surface area contributed by atoms with Crippen molar-refractivity contribution in [2.24, 2.45) is 0 Å². The number of aryl methyl sites for hydroxylation is 1. The van der Waals surface area contributed by atoms with E-state index < -0.39 is 0 Å². The van der Waals surface area contributed by atoms with Crippen LogP contribution in [0.2, 0.25) is 0 Å². The van der Waals surface area contributed by atoms with Crippen LogP contribution in [0.3, 0.4) is 0 Å². The summed E-state index contributed by atoms with van der Waals surface area (Å²) in [7, 11) is 0. The Kier molecular flexibility index (Phi) is 5.14. The van der Waals surface area contributed by atoms with Gasteiger partial charge in [0.2, 0.25) is 5.89 Å². The first-order valence-electron chi connectivity index (χ1n) is 6.70. The summed E-state index contributed by atoms with van der Waals surface area (Å²) in [5.74, 6) is 0.587. The highest BCUT2D eigenvalue weighted by Gasteiger charge is 2.13. The fourth-order valence-corrected chi connectivity index (χ4v) is 2.34. The third-order valence-corrected chi connectivity index (χ3v) is 3.53. The lowest BCUT2D eigenvalue weighted by Gasteiger charge is -2.08. The summed E-state index contributed by atoms with van der Waals surface area (Å²) in [5.41, 5.74) is 2.09. The van der Waals surface area contributed by atoms with Crippen molar-refractivity contribution in [2.45, 2.75) is 33.2 Å². The van der Waals surface area contributed by atoms with Crippen molar-refractivity contribution in [2.75, 3.05) is 11.9 Å². The normalized spacial score (nSPS) is 12.4. The zero-order valence-electron chi connectivity index (χ0n) is 11.9. The van der Waals surface area contributed by atoms with Crippen molar-refractivity contribution in [3.05, 3.63) is 34.1 Å². The molecule has 0 bridgehead atoms. The van der Waals surface area contributed by atoms with Gasteiger partial charge >= 0.3 is 6.01 Å². The first-order valence-corrected chi connectivity index (χ1v) is 7.49. The van der Waals surface area contributed by atoms with Crippen LogP contribution >= 0.6 is 15.9 Å². The van der Waals surface area contributed by atoms with E-state index in [-0.39, 0.29) is 6.04 Å². The summed E-state index contributed by atoms with van der Waals surface area (Å²) in [4.78, 5) is 0. The first-order chi connectivity index (χ1) is 9.60. The number of hydrogen-bond acceptors (Lipinski definition) is 5. The number of benzene rings is 1. The van der Waals surface area contributed by atoms with Gasteiger partial charge in [-0.2, -0.15) is 0 Å². The van der Waals surface area contributed by atoms with Crippen molar-refractivity contribution in [1.82, 2.24) is 15.5 Å². The summed E-state index contributed by atoms with van der Waals surface area (Å²) >= 11 is 3.51. The number of halogens is 1. The van der Waals surface area contributed by atoms with Crippen LogP contribution in [0.15, 0.2) is 27.1 Å². The zero-order valence-corrected chi connectivity index (χ0v) is 13.5. The van der Waals surface area contributed by atoms with Crippen LogP contribution in [-0.4, -0.2) is 16.7 Å². The summed E-state index contributed by atoms with van der Waals surface area (Å²) in [6.07, 6.45) is 1.07. The second-order valence-corrected chi connectivity index (χ2v) is 5.58. The Labute approximate surface area is 127 Å². The molecule has 0 saturated heterocycles. The van der Waals surface area contributed by atoms with Crippen molar-refractivity contribution >= 4 is 27.6 Å². The molecule has 2 rings (SSSR count). The van der Waals surface area contributed by atoms with E-state index in [1.54, 1.807) is 0 Å². The SMILES string of the molecule is CCCNC(C)c1nnc(Nc2ccc(C)cc2Br)o1. The molecule has 20 heavy (non-hydrogen) atoms. The van der Waals surface area contributed by atoms with E-state index in [0.29, 0.717) is 11.9 Å². The Morgan fingerprint density at radius 1 is 1.35 bits per heavy atom. The number of aromatic nitrogens is 2. The summed E-state index contributed by atoms with van der Waals surface area (Å²) in [5, 5.41) is 14.5. The van der Waals surface area contributed by atoms with Gasteiger partial charge in [-0.15, -0.1) is 5.10 Å². The molecule has 6 heteroatoms. The van der Waals surface area contributed by atoms with E-state index in [4.69, 9.17) is 4.42 Å². The number of hydrogen-bond donors (Lipinski definition) is 2.